The van der Waals surface area contributed by atoms with Gasteiger partial charge in [-0.25, -0.2) is 8.42 Å². The molecule has 0 aliphatic carbocycles. The zero-order valence-electron chi connectivity index (χ0n) is 14.3. The van der Waals surface area contributed by atoms with Crippen LogP contribution in [0.1, 0.15) is 19.4 Å². The van der Waals surface area contributed by atoms with E-state index in [1.807, 2.05) is 13.8 Å². The van der Waals surface area contributed by atoms with Crippen molar-refractivity contribution in [3.8, 4) is 0 Å². The van der Waals surface area contributed by atoms with Crippen molar-refractivity contribution >= 4 is 33.0 Å². The van der Waals surface area contributed by atoms with Gasteiger partial charge in [0.2, 0.25) is 5.91 Å². The first kappa shape index (κ1) is 19.4. The van der Waals surface area contributed by atoms with E-state index < -0.39 is 10.0 Å². The largest absolute Gasteiger partial charge is 0.354 e. The van der Waals surface area contributed by atoms with Crippen molar-refractivity contribution in [2.24, 2.45) is 0 Å². The Morgan fingerprint density at radius 2 is 1.92 bits per heavy atom. The number of nitrogens with one attached hydrogen (secondary N) is 3. The molecule has 6 nitrogen and oxygen atoms in total. The fraction of sp³-hybridized carbons (Fsp3) is 0.353. The van der Waals surface area contributed by atoms with Crippen LogP contribution in [0.4, 0.5) is 5.69 Å². The van der Waals surface area contributed by atoms with Crippen LogP contribution in [0.5, 0.6) is 0 Å². The lowest BCUT2D eigenvalue weighted by atomic mass is 10.1. The number of anilines is 1. The summed E-state index contributed by atoms with van der Waals surface area (Å²) in [5.41, 5.74) is 1.30. The summed E-state index contributed by atoms with van der Waals surface area (Å²) < 4.78 is 27.1. The van der Waals surface area contributed by atoms with Gasteiger partial charge in [0.1, 0.15) is 4.21 Å². The topological polar surface area (TPSA) is 87.3 Å². The van der Waals surface area contributed by atoms with Gasteiger partial charge in [0.05, 0.1) is 6.42 Å². The summed E-state index contributed by atoms with van der Waals surface area (Å²) in [5.74, 6) is -0.0586. The van der Waals surface area contributed by atoms with E-state index in [0.717, 1.165) is 23.4 Å². The van der Waals surface area contributed by atoms with Crippen molar-refractivity contribution in [1.82, 2.24) is 10.6 Å². The number of carbonyl (C=O) groups excluding carboxylic acids is 1. The second-order valence-corrected chi connectivity index (χ2v) is 8.53. The normalized spacial score (nSPS) is 12.6. The molecule has 0 radical (unpaired) electrons. The molecule has 8 heteroatoms. The van der Waals surface area contributed by atoms with E-state index in [2.05, 4.69) is 15.4 Å². The molecule has 2 aromatic rings. The van der Waals surface area contributed by atoms with Gasteiger partial charge in [-0.05, 0) is 42.6 Å². The highest BCUT2D eigenvalue weighted by atomic mass is 32.2. The summed E-state index contributed by atoms with van der Waals surface area (Å²) in [5, 5.41) is 7.82. The highest BCUT2D eigenvalue weighted by Crippen LogP contribution is 2.20. The standard InChI is InChI=1S/C17H23N3O3S2/c1-3-18-13(2)12-19-16(21)11-14-6-8-15(9-7-14)20-25(22,23)17-5-4-10-24-17/h4-10,13,18,20H,3,11-12H2,1-2H3,(H,19,21)/t13-/m1/s1. The summed E-state index contributed by atoms with van der Waals surface area (Å²) in [6.07, 6.45) is 0.261. The minimum atomic E-state index is -3.55. The number of thiophene rings is 1. The Kier molecular flexibility index (Phi) is 6.98. The SMILES string of the molecule is CCN[C@H](C)CNC(=O)Cc1ccc(NS(=O)(=O)c2cccs2)cc1. The number of benzene rings is 1. The van der Waals surface area contributed by atoms with Crippen LogP contribution >= 0.6 is 11.3 Å². The van der Waals surface area contributed by atoms with Crippen LogP contribution in [0.15, 0.2) is 46.0 Å². The summed E-state index contributed by atoms with van der Waals surface area (Å²) in [6.45, 7) is 5.47. The Morgan fingerprint density at radius 1 is 1.20 bits per heavy atom. The van der Waals surface area contributed by atoms with Crippen LogP contribution in [0, 0.1) is 0 Å². The van der Waals surface area contributed by atoms with Gasteiger partial charge in [0, 0.05) is 18.3 Å². The van der Waals surface area contributed by atoms with Crippen LogP contribution < -0.4 is 15.4 Å². The first-order valence-corrected chi connectivity index (χ1v) is 10.4. The third kappa shape index (κ3) is 6.15. The van der Waals surface area contributed by atoms with Crippen LogP contribution in [0.25, 0.3) is 0 Å². The van der Waals surface area contributed by atoms with Crippen LogP contribution in [0.2, 0.25) is 0 Å². The van der Waals surface area contributed by atoms with Crippen LogP contribution in [-0.4, -0.2) is 33.5 Å². The van der Waals surface area contributed by atoms with Gasteiger partial charge in [-0.1, -0.05) is 25.1 Å². The Labute approximate surface area is 152 Å². The minimum absolute atomic E-state index is 0.0586. The minimum Gasteiger partial charge on any atom is -0.354 e. The van der Waals surface area contributed by atoms with Gasteiger partial charge in [-0.2, -0.15) is 0 Å². The summed E-state index contributed by atoms with van der Waals surface area (Å²) >= 11 is 1.16. The lowest BCUT2D eigenvalue weighted by Crippen LogP contribution is -2.39. The van der Waals surface area contributed by atoms with Gasteiger partial charge in [-0.15, -0.1) is 11.3 Å². The maximum atomic E-state index is 12.2. The van der Waals surface area contributed by atoms with Crippen LogP contribution in [-0.2, 0) is 21.2 Å². The van der Waals surface area contributed by atoms with Crippen LogP contribution in [0.3, 0.4) is 0 Å². The quantitative estimate of drug-likeness (QED) is 0.621. The molecular formula is C17H23N3O3S2. The fourth-order valence-corrected chi connectivity index (χ4v) is 4.30. The highest BCUT2D eigenvalue weighted by Gasteiger charge is 2.15. The van der Waals surface area contributed by atoms with Gasteiger partial charge >= 0.3 is 0 Å². The van der Waals surface area contributed by atoms with Crippen molar-refractivity contribution in [3.63, 3.8) is 0 Å². The second kappa shape index (κ2) is 8.98. The van der Waals surface area contributed by atoms with Gasteiger partial charge < -0.3 is 10.6 Å². The number of hydrogen-bond acceptors (Lipinski definition) is 5. The van der Waals surface area contributed by atoms with Crippen molar-refractivity contribution in [2.75, 3.05) is 17.8 Å². The molecule has 3 N–H and O–H groups in total. The smallest absolute Gasteiger partial charge is 0.271 e. The van der Waals surface area contributed by atoms with E-state index in [0.29, 0.717) is 12.2 Å². The van der Waals surface area contributed by atoms with E-state index in [-0.39, 0.29) is 22.6 Å². The maximum absolute atomic E-state index is 12.2. The average molecular weight is 382 g/mol. The molecule has 1 amide bonds. The predicted octanol–water partition coefficient (Wildman–Crippen LogP) is 2.21. The third-order valence-electron chi connectivity index (χ3n) is 3.49. The Balaban J connectivity index is 1.88. The molecule has 1 aromatic carbocycles. The molecule has 0 unspecified atom stereocenters. The molecule has 0 aliphatic heterocycles. The van der Waals surface area contributed by atoms with Gasteiger partial charge in [0.25, 0.3) is 10.0 Å². The molecule has 1 heterocycles. The van der Waals surface area contributed by atoms with E-state index in [1.54, 1.807) is 41.8 Å². The molecule has 0 fully saturated rings. The number of amides is 1. The molecule has 0 bridgehead atoms. The number of hydrogen-bond donors (Lipinski definition) is 3. The van der Waals surface area contributed by atoms with Crippen molar-refractivity contribution in [3.05, 3.63) is 47.3 Å². The lowest BCUT2D eigenvalue weighted by Gasteiger charge is -2.13. The zero-order chi connectivity index (χ0) is 18.3. The molecule has 1 atom stereocenters. The van der Waals surface area contributed by atoms with Crippen molar-refractivity contribution in [2.45, 2.75) is 30.5 Å². The summed E-state index contributed by atoms with van der Waals surface area (Å²) in [7, 11) is -3.55. The Morgan fingerprint density at radius 3 is 2.52 bits per heavy atom. The first-order chi connectivity index (χ1) is 11.9. The molecular weight excluding hydrogens is 358 g/mol. The zero-order valence-corrected chi connectivity index (χ0v) is 15.9. The summed E-state index contributed by atoms with van der Waals surface area (Å²) in [6, 6.07) is 10.3. The summed E-state index contributed by atoms with van der Waals surface area (Å²) in [4.78, 5) is 11.9. The molecule has 25 heavy (non-hydrogen) atoms. The number of carbonyl (C=O) groups is 1. The van der Waals surface area contributed by atoms with Crippen molar-refractivity contribution in [1.29, 1.82) is 0 Å². The van der Waals surface area contributed by atoms with E-state index >= 15 is 0 Å². The fourth-order valence-electron chi connectivity index (χ4n) is 2.25. The van der Waals surface area contributed by atoms with E-state index in [4.69, 9.17) is 0 Å². The average Bonchev–Trinajstić information content (AvgIpc) is 3.10. The molecule has 136 valence electrons. The molecule has 0 spiro atoms. The van der Waals surface area contributed by atoms with Gasteiger partial charge in [-0.3, -0.25) is 9.52 Å². The van der Waals surface area contributed by atoms with Gasteiger partial charge in [0.15, 0.2) is 0 Å². The number of rotatable bonds is 9. The molecule has 0 saturated carbocycles. The highest BCUT2D eigenvalue weighted by molar-refractivity contribution is 7.94. The van der Waals surface area contributed by atoms with Crippen molar-refractivity contribution < 1.29 is 13.2 Å². The predicted molar refractivity (Wildman–Crippen MR) is 101 cm³/mol. The third-order valence-corrected chi connectivity index (χ3v) is 6.27. The molecule has 0 aliphatic rings. The Hall–Kier alpha value is -1.90. The monoisotopic (exact) mass is 381 g/mol. The lowest BCUT2D eigenvalue weighted by molar-refractivity contribution is -0.120. The molecule has 2 rings (SSSR count). The number of likely N-dealkylation sites (N-methyl/N-ethyl adjacent to an activating group) is 1. The molecule has 0 saturated heterocycles. The Bertz CT molecular complexity index is 772. The number of sulfonamides is 1. The van der Waals surface area contributed by atoms with E-state index in [1.165, 1.54) is 0 Å². The maximum Gasteiger partial charge on any atom is 0.271 e. The second-order valence-electron chi connectivity index (χ2n) is 5.67. The molecule has 1 aromatic heterocycles. The first-order valence-electron chi connectivity index (χ1n) is 8.06. The van der Waals surface area contributed by atoms with E-state index in [9.17, 15) is 13.2 Å².